The number of amides is 1. The second-order valence-corrected chi connectivity index (χ2v) is 5.84. The lowest BCUT2D eigenvalue weighted by Gasteiger charge is -2.50. The Morgan fingerprint density at radius 3 is 2.18 bits per heavy atom. The first kappa shape index (κ1) is 14.2. The van der Waals surface area contributed by atoms with E-state index < -0.39 is 29.4 Å². The maximum Gasteiger partial charge on any atom is 0.408 e. The van der Waals surface area contributed by atoms with E-state index in [1.807, 2.05) is 20.8 Å². The molecular weight excluding hydrogens is 226 g/mol. The zero-order valence-corrected chi connectivity index (χ0v) is 10.5. The van der Waals surface area contributed by atoms with Crippen molar-refractivity contribution >= 4 is 6.09 Å². The predicted octanol–water partition coefficient (Wildman–Crippen LogP) is -0.241. The lowest BCUT2D eigenvalue weighted by molar-refractivity contribution is -0.209. The highest BCUT2D eigenvalue weighted by Gasteiger charge is 2.56. The van der Waals surface area contributed by atoms with Gasteiger partial charge >= 0.3 is 6.09 Å². The normalized spacial score (nSPS) is 32.8. The zero-order chi connectivity index (χ0) is 13.3. The molecule has 0 aromatic heterocycles. The SMILES string of the molecule is CC(C)(C)NC(=O)OC1(CO)CC(O)(CO)C1. The summed E-state index contributed by atoms with van der Waals surface area (Å²) in [5.41, 5.74) is -2.75. The first-order valence-electron chi connectivity index (χ1n) is 5.59. The molecule has 6 heteroatoms. The van der Waals surface area contributed by atoms with Crippen molar-refractivity contribution in [2.24, 2.45) is 0 Å². The number of carbonyl (C=O) groups is 1. The van der Waals surface area contributed by atoms with Gasteiger partial charge in [-0.2, -0.15) is 0 Å². The van der Waals surface area contributed by atoms with E-state index in [0.29, 0.717) is 0 Å². The fraction of sp³-hybridized carbons (Fsp3) is 0.909. The topological polar surface area (TPSA) is 99.0 Å². The molecular formula is C11H21NO5. The molecule has 1 aliphatic carbocycles. The smallest absolute Gasteiger partial charge is 0.408 e. The van der Waals surface area contributed by atoms with Crippen LogP contribution in [0.25, 0.3) is 0 Å². The molecule has 0 spiro atoms. The van der Waals surface area contributed by atoms with Gasteiger partial charge in [-0.1, -0.05) is 0 Å². The van der Waals surface area contributed by atoms with E-state index in [1.165, 1.54) is 0 Å². The third-order valence-corrected chi connectivity index (χ3v) is 2.67. The van der Waals surface area contributed by atoms with Crippen molar-refractivity contribution in [1.29, 1.82) is 0 Å². The summed E-state index contributed by atoms with van der Waals surface area (Å²) in [5, 5.41) is 30.4. The van der Waals surface area contributed by atoms with E-state index >= 15 is 0 Å². The second-order valence-electron chi connectivity index (χ2n) is 5.84. The molecule has 0 bridgehead atoms. The summed E-state index contributed by atoms with van der Waals surface area (Å²) in [5.74, 6) is 0. The van der Waals surface area contributed by atoms with Crippen LogP contribution in [0.3, 0.4) is 0 Å². The number of aliphatic hydroxyl groups is 3. The van der Waals surface area contributed by atoms with Crippen molar-refractivity contribution in [2.75, 3.05) is 13.2 Å². The van der Waals surface area contributed by atoms with Gasteiger partial charge in [-0.25, -0.2) is 4.79 Å². The summed E-state index contributed by atoms with van der Waals surface area (Å²) in [4.78, 5) is 11.5. The van der Waals surface area contributed by atoms with Crippen LogP contribution < -0.4 is 5.32 Å². The molecule has 0 aromatic carbocycles. The molecule has 0 heterocycles. The van der Waals surface area contributed by atoms with Crippen LogP contribution in [0.15, 0.2) is 0 Å². The molecule has 0 radical (unpaired) electrons. The third kappa shape index (κ3) is 3.55. The Hall–Kier alpha value is -0.850. The van der Waals surface area contributed by atoms with E-state index in [-0.39, 0.29) is 19.4 Å². The average Bonchev–Trinajstić information content (AvgIpc) is 2.11. The van der Waals surface area contributed by atoms with Crippen LogP contribution in [0, 0.1) is 0 Å². The monoisotopic (exact) mass is 247 g/mol. The zero-order valence-electron chi connectivity index (χ0n) is 10.5. The molecule has 0 unspecified atom stereocenters. The average molecular weight is 247 g/mol. The van der Waals surface area contributed by atoms with Gasteiger partial charge in [0.1, 0.15) is 5.60 Å². The van der Waals surface area contributed by atoms with Crippen LogP contribution in [0.5, 0.6) is 0 Å². The van der Waals surface area contributed by atoms with Gasteiger partial charge in [0.2, 0.25) is 0 Å². The van der Waals surface area contributed by atoms with Crippen molar-refractivity contribution in [1.82, 2.24) is 5.32 Å². The fourth-order valence-corrected chi connectivity index (χ4v) is 2.00. The molecule has 1 amide bonds. The molecule has 0 aliphatic heterocycles. The van der Waals surface area contributed by atoms with E-state index in [9.17, 15) is 15.0 Å². The van der Waals surface area contributed by atoms with Crippen LogP contribution in [0.4, 0.5) is 4.79 Å². The van der Waals surface area contributed by atoms with Crippen LogP contribution in [-0.4, -0.2) is 51.4 Å². The molecule has 1 saturated carbocycles. The molecule has 100 valence electrons. The lowest BCUT2D eigenvalue weighted by Crippen LogP contribution is -2.63. The maximum absolute atomic E-state index is 11.5. The van der Waals surface area contributed by atoms with Gasteiger partial charge in [-0.15, -0.1) is 0 Å². The molecule has 17 heavy (non-hydrogen) atoms. The predicted molar refractivity (Wildman–Crippen MR) is 60.5 cm³/mol. The Bertz CT molecular complexity index is 291. The Morgan fingerprint density at radius 1 is 1.29 bits per heavy atom. The van der Waals surface area contributed by atoms with Crippen LogP contribution >= 0.6 is 0 Å². The van der Waals surface area contributed by atoms with Crippen LogP contribution in [0.1, 0.15) is 33.6 Å². The highest BCUT2D eigenvalue weighted by Crippen LogP contribution is 2.43. The van der Waals surface area contributed by atoms with Gasteiger partial charge in [0, 0.05) is 18.4 Å². The van der Waals surface area contributed by atoms with E-state index in [0.717, 1.165) is 0 Å². The first-order valence-corrected chi connectivity index (χ1v) is 5.59. The second kappa shape index (κ2) is 4.44. The van der Waals surface area contributed by atoms with Crippen molar-refractivity contribution in [3.8, 4) is 0 Å². The van der Waals surface area contributed by atoms with Gasteiger partial charge in [0.05, 0.1) is 18.8 Å². The minimum atomic E-state index is -1.25. The first-order chi connectivity index (χ1) is 7.64. The molecule has 0 saturated heterocycles. The summed E-state index contributed by atoms with van der Waals surface area (Å²) >= 11 is 0. The van der Waals surface area contributed by atoms with Gasteiger partial charge < -0.3 is 25.4 Å². The molecule has 0 aromatic rings. The Labute approximate surface area is 101 Å². The van der Waals surface area contributed by atoms with Crippen molar-refractivity contribution in [3.05, 3.63) is 0 Å². The highest BCUT2D eigenvalue weighted by atomic mass is 16.6. The third-order valence-electron chi connectivity index (χ3n) is 2.67. The Morgan fingerprint density at radius 2 is 1.82 bits per heavy atom. The number of nitrogens with one attached hydrogen (secondary N) is 1. The number of hydrogen-bond donors (Lipinski definition) is 4. The van der Waals surface area contributed by atoms with E-state index in [1.54, 1.807) is 0 Å². The van der Waals surface area contributed by atoms with E-state index in [2.05, 4.69) is 5.32 Å². The standard InChI is InChI=1S/C11H21NO5/c1-9(2,3)12-8(15)17-11(7-14)4-10(16,5-11)6-13/h13-14,16H,4-7H2,1-3H3,(H,12,15). The summed E-state index contributed by atoms with van der Waals surface area (Å²) in [7, 11) is 0. The lowest BCUT2D eigenvalue weighted by atomic mass is 9.68. The molecule has 1 aliphatic rings. The van der Waals surface area contributed by atoms with Crippen molar-refractivity contribution in [3.63, 3.8) is 0 Å². The quantitative estimate of drug-likeness (QED) is 0.551. The number of aliphatic hydroxyl groups excluding tert-OH is 2. The van der Waals surface area contributed by atoms with Gasteiger partial charge in [0.25, 0.3) is 0 Å². The van der Waals surface area contributed by atoms with Gasteiger partial charge in [-0.3, -0.25) is 0 Å². The molecule has 6 nitrogen and oxygen atoms in total. The van der Waals surface area contributed by atoms with E-state index in [4.69, 9.17) is 9.84 Å². The molecule has 1 rings (SSSR count). The largest absolute Gasteiger partial charge is 0.440 e. The van der Waals surface area contributed by atoms with Crippen LogP contribution in [-0.2, 0) is 4.74 Å². The maximum atomic E-state index is 11.5. The minimum Gasteiger partial charge on any atom is -0.440 e. The minimum absolute atomic E-state index is 0.0462. The highest BCUT2D eigenvalue weighted by molar-refractivity contribution is 5.68. The molecule has 4 N–H and O–H groups in total. The summed E-state index contributed by atoms with van der Waals surface area (Å²) in [6.07, 6.45) is -0.540. The van der Waals surface area contributed by atoms with Gasteiger partial charge in [-0.05, 0) is 20.8 Å². The number of ether oxygens (including phenoxy) is 1. The van der Waals surface area contributed by atoms with Gasteiger partial charge in [0.15, 0.2) is 0 Å². The number of rotatable bonds is 3. The van der Waals surface area contributed by atoms with Crippen LogP contribution in [0.2, 0.25) is 0 Å². The fourth-order valence-electron chi connectivity index (χ4n) is 2.00. The van der Waals surface area contributed by atoms with Crippen molar-refractivity contribution in [2.45, 2.75) is 50.4 Å². The summed E-state index contributed by atoms with van der Waals surface area (Å²) < 4.78 is 5.13. The number of hydrogen-bond acceptors (Lipinski definition) is 5. The number of carbonyl (C=O) groups excluding carboxylic acids is 1. The summed E-state index contributed by atoms with van der Waals surface area (Å²) in [6, 6.07) is 0. The number of alkyl carbamates (subject to hydrolysis) is 1. The molecule has 0 atom stereocenters. The van der Waals surface area contributed by atoms with Crippen molar-refractivity contribution < 1.29 is 24.9 Å². The molecule has 1 fully saturated rings. The Balaban J connectivity index is 2.53. The summed E-state index contributed by atoms with van der Waals surface area (Å²) in [6.45, 7) is 4.66. The Kier molecular flexibility index (Phi) is 3.71.